The molecule has 2 N–H and O–H groups in total. The number of aryl methyl sites for hydroxylation is 2. The minimum atomic E-state index is -0.258. The summed E-state index contributed by atoms with van der Waals surface area (Å²) in [4.78, 5) is 35.6. The fourth-order valence-electron chi connectivity index (χ4n) is 2.77. The van der Waals surface area contributed by atoms with Gasteiger partial charge in [0.1, 0.15) is 5.82 Å². The Morgan fingerprint density at radius 3 is 2.92 bits per heavy atom. The lowest BCUT2D eigenvalue weighted by Crippen LogP contribution is -2.37. The minimum Gasteiger partial charge on any atom is -0.355 e. The molecule has 3 heterocycles. The van der Waals surface area contributed by atoms with E-state index in [9.17, 15) is 14.4 Å². The number of aromatic nitrogens is 3. The van der Waals surface area contributed by atoms with Gasteiger partial charge in [-0.2, -0.15) is 16.4 Å². The van der Waals surface area contributed by atoms with Crippen molar-refractivity contribution in [2.75, 3.05) is 13.1 Å². The van der Waals surface area contributed by atoms with Crippen molar-refractivity contribution < 1.29 is 9.59 Å². The van der Waals surface area contributed by atoms with Crippen molar-refractivity contribution in [1.29, 1.82) is 0 Å². The van der Waals surface area contributed by atoms with E-state index in [1.54, 1.807) is 16.0 Å². The predicted octanol–water partition coefficient (Wildman–Crippen LogP) is 0.379. The van der Waals surface area contributed by atoms with Gasteiger partial charge in [0, 0.05) is 37.0 Å². The third-order valence-corrected chi connectivity index (χ3v) is 4.78. The summed E-state index contributed by atoms with van der Waals surface area (Å²) < 4.78 is 3.22. The van der Waals surface area contributed by atoms with Crippen molar-refractivity contribution in [2.45, 2.75) is 38.8 Å². The van der Waals surface area contributed by atoms with Crippen LogP contribution in [0.15, 0.2) is 21.6 Å². The van der Waals surface area contributed by atoms with Crippen LogP contribution in [0.1, 0.15) is 35.4 Å². The standard InChI is InChI=1S/C16H21N5O3S/c22-14(10-18-15(23)12-5-9-25-11-12)17-6-3-8-21-16(24)20-7-2-1-4-13(20)19-21/h5,9,11H,1-4,6-8,10H2,(H,17,22)(H,18,23). The Labute approximate surface area is 148 Å². The highest BCUT2D eigenvalue weighted by molar-refractivity contribution is 7.08. The van der Waals surface area contributed by atoms with Gasteiger partial charge in [0.2, 0.25) is 5.91 Å². The molecule has 0 saturated heterocycles. The number of nitrogens with one attached hydrogen (secondary N) is 2. The number of rotatable bonds is 7. The average Bonchev–Trinajstić information content (AvgIpc) is 3.26. The van der Waals surface area contributed by atoms with Crippen LogP contribution in [0.5, 0.6) is 0 Å². The normalized spacial score (nSPS) is 13.3. The predicted molar refractivity (Wildman–Crippen MR) is 93.7 cm³/mol. The first-order chi connectivity index (χ1) is 12.1. The second-order valence-corrected chi connectivity index (χ2v) is 6.71. The molecule has 0 radical (unpaired) electrons. The van der Waals surface area contributed by atoms with Crippen molar-refractivity contribution in [3.63, 3.8) is 0 Å². The van der Waals surface area contributed by atoms with Crippen LogP contribution in [0.3, 0.4) is 0 Å². The zero-order chi connectivity index (χ0) is 17.6. The summed E-state index contributed by atoms with van der Waals surface area (Å²) in [6.07, 6.45) is 3.55. The Morgan fingerprint density at radius 1 is 1.28 bits per heavy atom. The molecule has 0 fully saturated rings. The van der Waals surface area contributed by atoms with Gasteiger partial charge in [-0.15, -0.1) is 0 Å². The number of thiophene rings is 1. The Kier molecular flexibility index (Phi) is 5.64. The molecule has 0 atom stereocenters. The topological polar surface area (TPSA) is 98.0 Å². The molecule has 0 saturated carbocycles. The van der Waals surface area contributed by atoms with Crippen molar-refractivity contribution in [1.82, 2.24) is 25.0 Å². The molecule has 0 spiro atoms. The van der Waals surface area contributed by atoms with Gasteiger partial charge in [0.15, 0.2) is 0 Å². The Bertz CT molecular complexity index is 793. The number of hydrogen-bond acceptors (Lipinski definition) is 5. The summed E-state index contributed by atoms with van der Waals surface area (Å²) in [5, 5.41) is 13.2. The second-order valence-electron chi connectivity index (χ2n) is 5.93. The smallest absolute Gasteiger partial charge is 0.345 e. The van der Waals surface area contributed by atoms with E-state index in [1.807, 2.05) is 5.38 Å². The molecule has 0 unspecified atom stereocenters. The lowest BCUT2D eigenvalue weighted by atomic mass is 10.2. The van der Waals surface area contributed by atoms with Gasteiger partial charge < -0.3 is 10.6 Å². The molecule has 1 aliphatic heterocycles. The number of fused-ring (bicyclic) bond motifs is 1. The van der Waals surface area contributed by atoms with E-state index in [4.69, 9.17) is 0 Å². The van der Waals surface area contributed by atoms with E-state index in [2.05, 4.69) is 15.7 Å². The molecular weight excluding hydrogens is 342 g/mol. The highest BCUT2D eigenvalue weighted by Crippen LogP contribution is 2.09. The second kappa shape index (κ2) is 8.11. The summed E-state index contributed by atoms with van der Waals surface area (Å²) in [6.45, 7) is 1.59. The zero-order valence-electron chi connectivity index (χ0n) is 13.9. The Morgan fingerprint density at radius 2 is 2.16 bits per heavy atom. The first-order valence-electron chi connectivity index (χ1n) is 8.39. The summed E-state index contributed by atoms with van der Waals surface area (Å²) in [7, 11) is 0. The van der Waals surface area contributed by atoms with Crippen LogP contribution in [-0.4, -0.2) is 39.3 Å². The molecular formula is C16H21N5O3S. The van der Waals surface area contributed by atoms with Crippen molar-refractivity contribution in [3.05, 3.63) is 38.7 Å². The highest BCUT2D eigenvalue weighted by Gasteiger charge is 2.16. The molecule has 25 heavy (non-hydrogen) atoms. The van der Waals surface area contributed by atoms with Gasteiger partial charge in [0.05, 0.1) is 6.54 Å². The lowest BCUT2D eigenvalue weighted by Gasteiger charge is -2.09. The molecule has 1 aliphatic rings. The van der Waals surface area contributed by atoms with Gasteiger partial charge in [0.25, 0.3) is 5.91 Å². The fourth-order valence-corrected chi connectivity index (χ4v) is 3.41. The molecule has 9 heteroatoms. The third-order valence-electron chi connectivity index (χ3n) is 4.09. The van der Waals surface area contributed by atoms with Crippen LogP contribution in [0.25, 0.3) is 0 Å². The van der Waals surface area contributed by atoms with Crippen LogP contribution >= 0.6 is 11.3 Å². The quantitative estimate of drug-likeness (QED) is 0.695. The molecule has 3 rings (SSSR count). The first-order valence-corrected chi connectivity index (χ1v) is 9.33. The summed E-state index contributed by atoms with van der Waals surface area (Å²) >= 11 is 1.43. The summed E-state index contributed by atoms with van der Waals surface area (Å²) in [5.41, 5.74) is 0.491. The minimum absolute atomic E-state index is 0.0621. The lowest BCUT2D eigenvalue weighted by molar-refractivity contribution is -0.120. The van der Waals surface area contributed by atoms with Crippen LogP contribution in [0.4, 0.5) is 0 Å². The van der Waals surface area contributed by atoms with Gasteiger partial charge >= 0.3 is 5.69 Å². The van der Waals surface area contributed by atoms with Crippen molar-refractivity contribution in [2.24, 2.45) is 0 Å². The molecule has 0 bridgehead atoms. The van der Waals surface area contributed by atoms with Gasteiger partial charge in [-0.1, -0.05) is 0 Å². The molecule has 0 aromatic carbocycles. The SMILES string of the molecule is O=C(CNC(=O)c1ccsc1)NCCCn1nc2n(c1=O)CCCC2. The molecule has 8 nitrogen and oxygen atoms in total. The zero-order valence-corrected chi connectivity index (χ0v) is 14.7. The average molecular weight is 363 g/mol. The van der Waals surface area contributed by atoms with Crippen molar-refractivity contribution in [3.8, 4) is 0 Å². The maximum absolute atomic E-state index is 12.2. The van der Waals surface area contributed by atoms with Crippen LogP contribution in [-0.2, 0) is 24.3 Å². The molecule has 134 valence electrons. The monoisotopic (exact) mass is 363 g/mol. The van der Waals surface area contributed by atoms with Crippen LogP contribution in [0.2, 0.25) is 0 Å². The number of hydrogen-bond donors (Lipinski definition) is 2. The molecule has 2 amide bonds. The first kappa shape index (κ1) is 17.4. The molecule has 2 aromatic rings. The fraction of sp³-hybridized carbons (Fsp3) is 0.500. The van der Waals surface area contributed by atoms with E-state index < -0.39 is 0 Å². The number of nitrogens with zero attached hydrogens (tertiary/aromatic N) is 3. The van der Waals surface area contributed by atoms with Gasteiger partial charge in [-0.25, -0.2) is 9.48 Å². The maximum atomic E-state index is 12.2. The largest absolute Gasteiger partial charge is 0.355 e. The number of carbonyl (C=O) groups is 2. The highest BCUT2D eigenvalue weighted by atomic mass is 32.1. The summed E-state index contributed by atoms with van der Waals surface area (Å²) in [5.74, 6) is 0.350. The van der Waals surface area contributed by atoms with Crippen LogP contribution < -0.4 is 16.3 Å². The van der Waals surface area contributed by atoms with E-state index in [1.165, 1.54) is 16.0 Å². The van der Waals surface area contributed by atoms with Gasteiger partial charge in [-0.05, 0) is 30.7 Å². The van der Waals surface area contributed by atoms with E-state index >= 15 is 0 Å². The van der Waals surface area contributed by atoms with E-state index in [0.717, 1.165) is 31.6 Å². The number of amides is 2. The van der Waals surface area contributed by atoms with E-state index in [-0.39, 0.29) is 24.0 Å². The van der Waals surface area contributed by atoms with Crippen molar-refractivity contribution >= 4 is 23.2 Å². The van der Waals surface area contributed by atoms with Gasteiger partial charge in [-0.3, -0.25) is 14.2 Å². The van der Waals surface area contributed by atoms with E-state index in [0.29, 0.717) is 25.1 Å². The molecule has 2 aromatic heterocycles. The third kappa shape index (κ3) is 4.36. The molecule has 0 aliphatic carbocycles. The Hall–Kier alpha value is -2.42. The number of carbonyl (C=O) groups excluding carboxylic acids is 2. The summed E-state index contributed by atoms with van der Waals surface area (Å²) in [6, 6.07) is 1.71. The Balaban J connectivity index is 1.37. The van der Waals surface area contributed by atoms with Crippen LogP contribution in [0, 0.1) is 0 Å². The maximum Gasteiger partial charge on any atom is 0.345 e.